The van der Waals surface area contributed by atoms with Gasteiger partial charge in [-0.2, -0.15) is 0 Å². The molecule has 4 fully saturated rings. The van der Waals surface area contributed by atoms with E-state index >= 15 is 0 Å². The molecule has 186 valence electrons. The Hall–Kier alpha value is -1.45. The van der Waals surface area contributed by atoms with Crippen molar-refractivity contribution in [3.05, 3.63) is 49.1 Å². The Morgan fingerprint density at radius 3 is 2.18 bits per heavy atom. The highest BCUT2D eigenvalue weighted by molar-refractivity contribution is 5.89. The quantitative estimate of drug-likeness (QED) is 0.441. The Kier molecular flexibility index (Phi) is 9.15. The van der Waals surface area contributed by atoms with Crippen LogP contribution in [-0.2, 0) is 4.79 Å². The topological polar surface area (TPSA) is 57.5 Å². The third kappa shape index (κ3) is 4.60. The van der Waals surface area contributed by atoms with E-state index in [0.29, 0.717) is 24.2 Å². The van der Waals surface area contributed by atoms with Gasteiger partial charge in [0.25, 0.3) is 0 Å². The summed E-state index contributed by atoms with van der Waals surface area (Å²) in [5.74, 6) is 1.09. The minimum atomic E-state index is -1.34. The molecule has 0 heterocycles. The Labute approximate surface area is 202 Å². The van der Waals surface area contributed by atoms with Crippen molar-refractivity contribution in [3.63, 3.8) is 0 Å². The van der Waals surface area contributed by atoms with Crippen molar-refractivity contribution in [2.75, 3.05) is 6.61 Å². The van der Waals surface area contributed by atoms with Crippen molar-refractivity contribution in [2.24, 2.45) is 28.6 Å². The normalized spacial score (nSPS) is 40.4. The van der Waals surface area contributed by atoms with Crippen molar-refractivity contribution in [1.82, 2.24) is 0 Å². The molecule has 5 aliphatic rings. The van der Waals surface area contributed by atoms with E-state index in [-0.39, 0.29) is 18.6 Å². The second-order valence-electron chi connectivity index (χ2n) is 11.0. The summed E-state index contributed by atoms with van der Waals surface area (Å²) < 4.78 is 0. The van der Waals surface area contributed by atoms with E-state index in [2.05, 4.69) is 51.8 Å². The fourth-order valence-corrected chi connectivity index (χ4v) is 7.76. The zero-order chi connectivity index (χ0) is 23.6. The van der Waals surface area contributed by atoms with Gasteiger partial charge < -0.3 is 10.2 Å². The van der Waals surface area contributed by atoms with Gasteiger partial charge in [-0.25, -0.2) is 0 Å². The van der Waals surface area contributed by atoms with Crippen LogP contribution >= 0.6 is 0 Å². The number of carbonyl (C=O) groups is 1. The summed E-state index contributed by atoms with van der Waals surface area (Å²) in [7, 11) is 0. The van der Waals surface area contributed by atoms with Crippen LogP contribution in [0.4, 0.5) is 0 Å². The predicted molar refractivity (Wildman–Crippen MR) is 139 cm³/mol. The van der Waals surface area contributed by atoms with Crippen molar-refractivity contribution >= 4 is 5.78 Å². The SMILES string of the molecule is C.C1CCCC1.C=C.C=C1C=CC2(C)C(=C1)CCC1C2CCC2(C)C1CC[C@]2(O)C(=O)CO. The maximum absolute atomic E-state index is 12.4. The monoisotopic (exact) mass is 456 g/mol. The second-order valence-corrected chi connectivity index (χ2v) is 11.0. The number of fused-ring (bicyclic) bond motifs is 5. The van der Waals surface area contributed by atoms with E-state index in [4.69, 9.17) is 0 Å². The van der Waals surface area contributed by atoms with Gasteiger partial charge >= 0.3 is 0 Å². The van der Waals surface area contributed by atoms with Crippen molar-refractivity contribution < 1.29 is 15.0 Å². The number of Topliss-reactive ketones (excluding diaryl/α,β-unsaturated/α-hetero) is 1. The number of hydrogen-bond donors (Lipinski definition) is 2. The molecule has 0 spiro atoms. The van der Waals surface area contributed by atoms with Crippen molar-refractivity contribution in [3.8, 4) is 0 Å². The number of allylic oxidation sites excluding steroid dienone is 5. The van der Waals surface area contributed by atoms with Crippen LogP contribution in [0.3, 0.4) is 0 Å². The van der Waals surface area contributed by atoms with Gasteiger partial charge in [-0.15, -0.1) is 13.2 Å². The highest BCUT2D eigenvalue weighted by Crippen LogP contribution is 2.67. The lowest BCUT2D eigenvalue weighted by atomic mass is 9.47. The lowest BCUT2D eigenvalue weighted by Crippen LogP contribution is -2.57. The van der Waals surface area contributed by atoms with Crippen LogP contribution in [0, 0.1) is 28.6 Å². The first-order valence-electron chi connectivity index (χ1n) is 12.7. The molecule has 5 rings (SSSR count). The van der Waals surface area contributed by atoms with Crippen molar-refractivity contribution in [1.29, 1.82) is 0 Å². The Bertz CT molecular complexity index is 768. The van der Waals surface area contributed by atoms with Gasteiger partial charge in [0.05, 0.1) is 0 Å². The first-order valence-corrected chi connectivity index (χ1v) is 12.7. The molecule has 0 radical (unpaired) electrons. The molecule has 0 saturated heterocycles. The van der Waals surface area contributed by atoms with Gasteiger partial charge in [-0.1, -0.05) is 83.8 Å². The fraction of sp³-hybridized carbons (Fsp3) is 0.700. The molecule has 0 bridgehead atoms. The molecule has 3 nitrogen and oxygen atoms in total. The standard InChI is InChI=1S/C22H30O3.C5H10.C2H4.CH4/c1-14-6-9-20(2)15(12-14)4-5-16-17(20)7-10-21(3)18(16)8-11-22(21,25)19(24)13-23;1-2-4-5-3-1;1-2;/h6,9,12,16-18,23,25H,1,4-5,7-8,10-11,13H2,2-3H3;1-5H2;1-2H2;1H4/t16?,17?,18?,20?,21?,22-;;;/m0.../s1. The zero-order valence-electron chi connectivity index (χ0n) is 20.4. The molecule has 2 N–H and O–H groups in total. The molecule has 0 aromatic heterocycles. The third-order valence-electron chi connectivity index (χ3n) is 9.66. The van der Waals surface area contributed by atoms with E-state index in [1.165, 1.54) is 37.7 Å². The predicted octanol–water partition coefficient (Wildman–Crippen LogP) is 6.96. The molecule has 4 saturated carbocycles. The molecule has 6 atom stereocenters. The van der Waals surface area contributed by atoms with E-state index < -0.39 is 17.6 Å². The maximum Gasteiger partial charge on any atom is 0.190 e. The van der Waals surface area contributed by atoms with Crippen LogP contribution in [0.5, 0.6) is 0 Å². The molecule has 33 heavy (non-hydrogen) atoms. The van der Waals surface area contributed by atoms with E-state index in [0.717, 1.165) is 37.7 Å². The minimum absolute atomic E-state index is 0. The summed E-state index contributed by atoms with van der Waals surface area (Å²) in [5, 5.41) is 20.6. The van der Waals surface area contributed by atoms with E-state index in [1.807, 2.05) is 0 Å². The largest absolute Gasteiger partial charge is 0.388 e. The van der Waals surface area contributed by atoms with Gasteiger partial charge in [0.2, 0.25) is 0 Å². The first kappa shape index (κ1) is 27.8. The van der Waals surface area contributed by atoms with Gasteiger partial charge in [-0.05, 0) is 61.9 Å². The van der Waals surface area contributed by atoms with Crippen LogP contribution in [0.15, 0.2) is 49.1 Å². The number of ketones is 1. The highest BCUT2D eigenvalue weighted by atomic mass is 16.3. The Morgan fingerprint density at radius 1 is 1.03 bits per heavy atom. The summed E-state index contributed by atoms with van der Waals surface area (Å²) >= 11 is 0. The summed E-state index contributed by atoms with van der Waals surface area (Å²) in [6.45, 7) is 14.0. The van der Waals surface area contributed by atoms with Gasteiger partial charge in [0.1, 0.15) is 12.2 Å². The second kappa shape index (κ2) is 10.9. The molecule has 5 aliphatic carbocycles. The Balaban J connectivity index is 0.000000421. The van der Waals surface area contributed by atoms with Crippen molar-refractivity contribution in [2.45, 2.75) is 97.5 Å². The smallest absolute Gasteiger partial charge is 0.190 e. The highest BCUT2D eigenvalue weighted by Gasteiger charge is 2.65. The van der Waals surface area contributed by atoms with Gasteiger partial charge in [-0.3, -0.25) is 4.79 Å². The first-order chi connectivity index (χ1) is 15.3. The minimum Gasteiger partial charge on any atom is -0.388 e. The van der Waals surface area contributed by atoms with Gasteiger partial charge in [0.15, 0.2) is 5.78 Å². The Morgan fingerprint density at radius 2 is 1.61 bits per heavy atom. The average molecular weight is 457 g/mol. The number of aliphatic hydroxyl groups is 2. The molecule has 5 unspecified atom stereocenters. The molecule has 0 amide bonds. The molecule has 3 heteroatoms. The summed E-state index contributed by atoms with van der Waals surface area (Å²) in [6.07, 6.45) is 19.8. The molecular formula is C30H48O3. The maximum atomic E-state index is 12.4. The summed E-state index contributed by atoms with van der Waals surface area (Å²) in [5.41, 5.74) is 0.950. The third-order valence-corrected chi connectivity index (χ3v) is 9.66. The summed E-state index contributed by atoms with van der Waals surface area (Å²) in [6, 6.07) is 0. The van der Waals surface area contributed by atoms with Crippen LogP contribution < -0.4 is 0 Å². The molecule has 0 aromatic carbocycles. The molecule has 0 aromatic rings. The van der Waals surface area contributed by atoms with Crippen LogP contribution in [0.1, 0.15) is 91.9 Å². The van der Waals surface area contributed by atoms with E-state index in [1.54, 1.807) is 0 Å². The average Bonchev–Trinajstić information content (AvgIpc) is 3.47. The number of hydrogen-bond acceptors (Lipinski definition) is 3. The van der Waals surface area contributed by atoms with Crippen LogP contribution in [-0.4, -0.2) is 28.2 Å². The lowest BCUT2D eigenvalue weighted by Gasteiger charge is -2.58. The van der Waals surface area contributed by atoms with E-state index in [9.17, 15) is 15.0 Å². The number of aliphatic hydroxyl groups excluding tert-OH is 1. The summed E-state index contributed by atoms with van der Waals surface area (Å²) in [4.78, 5) is 12.4. The number of carbonyl (C=O) groups excluding carboxylic acids is 1. The molecular weight excluding hydrogens is 408 g/mol. The van der Waals surface area contributed by atoms with Gasteiger partial charge in [0, 0.05) is 10.8 Å². The fourth-order valence-electron chi connectivity index (χ4n) is 7.76. The zero-order valence-corrected chi connectivity index (χ0v) is 20.4. The lowest BCUT2D eigenvalue weighted by molar-refractivity contribution is -0.163. The van der Waals surface area contributed by atoms with Crippen LogP contribution in [0.2, 0.25) is 0 Å². The molecule has 0 aliphatic heterocycles. The van der Waals surface area contributed by atoms with Crippen LogP contribution in [0.25, 0.3) is 0 Å². The number of rotatable bonds is 2.